The highest BCUT2D eigenvalue weighted by Crippen LogP contribution is 2.35. The van der Waals surface area contributed by atoms with Gasteiger partial charge < -0.3 is 9.47 Å². The lowest BCUT2D eigenvalue weighted by Crippen LogP contribution is -2.75. The monoisotopic (exact) mass is 452 g/mol. The van der Waals surface area contributed by atoms with Gasteiger partial charge in [0.2, 0.25) is 0 Å². The van der Waals surface area contributed by atoms with Crippen molar-refractivity contribution in [2.45, 2.75) is 70.5 Å². The Morgan fingerprint density at radius 1 is 0.968 bits per heavy atom. The van der Waals surface area contributed by atoms with E-state index < -0.39 is 15.2 Å². The molecule has 2 aromatic carbocycles. The van der Waals surface area contributed by atoms with Crippen LogP contribution in [0.2, 0.25) is 25.2 Å². The van der Waals surface area contributed by atoms with Crippen LogP contribution in [0.15, 0.2) is 72.8 Å². The van der Waals surface area contributed by atoms with Gasteiger partial charge in [0, 0.05) is 14.2 Å². The van der Waals surface area contributed by atoms with Crippen LogP contribution in [0.5, 0.6) is 0 Å². The molecule has 1 aliphatic heterocycles. The van der Waals surface area contributed by atoms with Crippen molar-refractivity contribution in [3.8, 4) is 0 Å². The Morgan fingerprint density at radius 2 is 1.58 bits per heavy atom. The van der Waals surface area contributed by atoms with Crippen molar-refractivity contribution >= 4 is 25.6 Å². The Hall–Kier alpha value is -1.47. The van der Waals surface area contributed by atoms with Crippen molar-refractivity contribution in [2.24, 2.45) is 0 Å². The summed E-state index contributed by atoms with van der Waals surface area (Å²) in [6.45, 7) is 11.6. The molecule has 0 aliphatic carbocycles. The molecule has 1 fully saturated rings. The van der Waals surface area contributed by atoms with Crippen molar-refractivity contribution in [1.29, 1.82) is 0 Å². The molecule has 1 aliphatic rings. The highest BCUT2D eigenvalue weighted by atomic mass is 29.3. The third-order valence-electron chi connectivity index (χ3n) is 6.67. The van der Waals surface area contributed by atoms with Crippen LogP contribution in [0.3, 0.4) is 0 Å². The first-order chi connectivity index (χ1) is 15.0. The fraction of sp³-hybridized carbons (Fsp3) is 0.481. The van der Waals surface area contributed by atoms with Crippen LogP contribution < -0.4 is 10.4 Å². The molecule has 2 atom stereocenters. The van der Waals surface area contributed by atoms with Gasteiger partial charge in [-0.1, -0.05) is 110 Å². The lowest BCUT2D eigenvalue weighted by atomic mass is 10.2. The van der Waals surface area contributed by atoms with Gasteiger partial charge in [-0.05, 0) is 37.6 Å². The number of rotatable bonds is 10. The molecule has 1 heterocycles. The molecule has 2 nitrogen and oxygen atoms in total. The van der Waals surface area contributed by atoms with Gasteiger partial charge in [0.05, 0.1) is 6.61 Å². The summed E-state index contributed by atoms with van der Waals surface area (Å²) in [5, 5.41) is 3.14. The Kier molecular flexibility index (Phi) is 8.90. The summed E-state index contributed by atoms with van der Waals surface area (Å²) < 4.78 is 12.1. The van der Waals surface area contributed by atoms with Gasteiger partial charge in [-0.25, -0.2) is 0 Å². The lowest BCUT2D eigenvalue weighted by Gasteiger charge is -2.48. The third-order valence-corrected chi connectivity index (χ3v) is 23.1. The second-order valence-corrected chi connectivity index (χ2v) is 24.6. The van der Waals surface area contributed by atoms with Crippen molar-refractivity contribution in [3.05, 3.63) is 72.8 Å². The molecule has 31 heavy (non-hydrogen) atoms. The molecular formula is C27H40O2Si2. The summed E-state index contributed by atoms with van der Waals surface area (Å²) in [5.74, 6) is 0. The van der Waals surface area contributed by atoms with Crippen LogP contribution >= 0.6 is 0 Å². The fourth-order valence-electron chi connectivity index (χ4n) is 5.35. The Morgan fingerprint density at radius 3 is 2.06 bits per heavy atom. The van der Waals surface area contributed by atoms with E-state index in [9.17, 15) is 0 Å². The summed E-state index contributed by atoms with van der Waals surface area (Å²) in [5.41, 5.74) is 0.507. The summed E-state index contributed by atoms with van der Waals surface area (Å²) in [7, 11) is -3.69. The van der Waals surface area contributed by atoms with E-state index in [1.807, 2.05) is 0 Å². The Bertz CT molecular complexity index is 753. The smallest absolute Gasteiger partial charge is 0.157 e. The second kappa shape index (κ2) is 11.4. The average molecular weight is 453 g/mol. The Labute approximate surface area is 191 Å². The van der Waals surface area contributed by atoms with Gasteiger partial charge in [0.1, 0.15) is 7.59 Å². The lowest BCUT2D eigenvalue weighted by molar-refractivity contribution is -0.162. The number of benzene rings is 2. The van der Waals surface area contributed by atoms with Gasteiger partial charge in [-0.3, -0.25) is 0 Å². The highest BCUT2D eigenvalue weighted by molar-refractivity contribution is 7.51. The molecule has 0 amide bonds. The number of allylic oxidation sites excluding steroid dienone is 2. The molecule has 4 heteroatoms. The SMILES string of the molecule is CC/C=C/[C@H](CCOC1CCCCO1)[Si](c1ccccc1)(c1ccccc1)[Si](C)(C)C. The Balaban J connectivity index is 2.03. The van der Waals surface area contributed by atoms with Crippen LogP contribution in [0.25, 0.3) is 0 Å². The maximum Gasteiger partial charge on any atom is 0.157 e. The maximum absolute atomic E-state index is 6.25. The normalized spacial score (nSPS) is 18.9. The van der Waals surface area contributed by atoms with Crippen LogP contribution in [0.4, 0.5) is 0 Å². The summed E-state index contributed by atoms with van der Waals surface area (Å²) in [6.07, 6.45) is 10.4. The molecule has 3 rings (SSSR count). The molecule has 0 radical (unpaired) electrons. The van der Waals surface area contributed by atoms with Gasteiger partial charge in [-0.2, -0.15) is 0 Å². The highest BCUT2D eigenvalue weighted by Gasteiger charge is 2.52. The van der Waals surface area contributed by atoms with E-state index in [0.717, 1.165) is 38.9 Å². The quantitative estimate of drug-likeness (QED) is 0.328. The van der Waals surface area contributed by atoms with Crippen LogP contribution in [-0.2, 0) is 9.47 Å². The first kappa shape index (κ1) is 24.2. The molecule has 1 saturated heterocycles. The molecule has 0 N–H and O–H groups in total. The van der Waals surface area contributed by atoms with E-state index in [2.05, 4.69) is 99.4 Å². The molecule has 0 spiro atoms. The largest absolute Gasteiger partial charge is 0.353 e. The van der Waals surface area contributed by atoms with Gasteiger partial charge >= 0.3 is 0 Å². The molecule has 0 aromatic heterocycles. The summed E-state index contributed by atoms with van der Waals surface area (Å²) in [4.78, 5) is 0. The van der Waals surface area contributed by atoms with E-state index in [1.165, 1.54) is 6.42 Å². The van der Waals surface area contributed by atoms with E-state index >= 15 is 0 Å². The fourth-order valence-corrected chi connectivity index (χ4v) is 22.0. The van der Waals surface area contributed by atoms with Gasteiger partial charge in [-0.15, -0.1) is 0 Å². The van der Waals surface area contributed by atoms with Crippen molar-refractivity contribution in [3.63, 3.8) is 0 Å². The van der Waals surface area contributed by atoms with E-state index in [-0.39, 0.29) is 6.29 Å². The van der Waals surface area contributed by atoms with Crippen LogP contribution in [-0.4, -0.2) is 34.7 Å². The van der Waals surface area contributed by atoms with Crippen molar-refractivity contribution < 1.29 is 9.47 Å². The first-order valence-electron chi connectivity index (χ1n) is 12.0. The van der Waals surface area contributed by atoms with Crippen LogP contribution in [0, 0.1) is 0 Å². The molecule has 0 saturated carbocycles. The van der Waals surface area contributed by atoms with E-state index in [0.29, 0.717) is 5.54 Å². The van der Waals surface area contributed by atoms with E-state index in [1.54, 1.807) is 10.4 Å². The second-order valence-electron chi connectivity index (χ2n) is 9.69. The number of hydrogen-bond acceptors (Lipinski definition) is 2. The minimum Gasteiger partial charge on any atom is -0.353 e. The molecule has 0 bridgehead atoms. The van der Waals surface area contributed by atoms with Gasteiger partial charge in [0.15, 0.2) is 6.29 Å². The zero-order valence-electron chi connectivity index (χ0n) is 19.8. The van der Waals surface area contributed by atoms with E-state index in [4.69, 9.17) is 9.47 Å². The summed E-state index contributed by atoms with van der Waals surface area (Å²) in [6, 6.07) is 22.8. The number of ether oxygens (including phenoxy) is 2. The summed E-state index contributed by atoms with van der Waals surface area (Å²) >= 11 is 0. The zero-order chi connectivity index (χ0) is 22.2. The standard InChI is InChI=1S/C27H40O2Si2/c1-5-6-15-26(21-23-29-27-20-13-14-22-28-27)31(30(2,3)4,24-16-9-7-10-17-24)25-18-11-8-12-19-25/h6-12,15-19,26-27H,5,13-14,20-23H2,1-4H3/b15-6+/t26-,27?/m1/s1. The van der Waals surface area contributed by atoms with Crippen molar-refractivity contribution in [1.82, 2.24) is 0 Å². The predicted molar refractivity (Wildman–Crippen MR) is 139 cm³/mol. The molecule has 168 valence electrons. The van der Waals surface area contributed by atoms with Crippen LogP contribution in [0.1, 0.15) is 39.0 Å². The maximum atomic E-state index is 6.25. The van der Waals surface area contributed by atoms with Crippen molar-refractivity contribution in [2.75, 3.05) is 13.2 Å². The number of hydrogen-bond donors (Lipinski definition) is 0. The van der Waals surface area contributed by atoms with Gasteiger partial charge in [0.25, 0.3) is 0 Å². The first-order valence-corrected chi connectivity index (χ1v) is 18.6. The topological polar surface area (TPSA) is 18.5 Å². The predicted octanol–water partition coefficient (Wildman–Crippen LogP) is 5.94. The zero-order valence-corrected chi connectivity index (χ0v) is 21.8. The minimum atomic E-state index is -2.07. The molecule has 2 aromatic rings. The average Bonchev–Trinajstić information content (AvgIpc) is 2.79. The minimum absolute atomic E-state index is 0.0130. The molecular weight excluding hydrogens is 412 g/mol. The third kappa shape index (κ3) is 5.67. The molecule has 1 unspecified atom stereocenters.